The lowest BCUT2D eigenvalue weighted by molar-refractivity contribution is -0.119. The summed E-state index contributed by atoms with van der Waals surface area (Å²) < 4.78 is 9.71. The van der Waals surface area contributed by atoms with E-state index in [4.69, 9.17) is 20.8 Å². The van der Waals surface area contributed by atoms with E-state index in [0.29, 0.717) is 10.7 Å². The summed E-state index contributed by atoms with van der Waals surface area (Å²) >= 11 is 6.09. The summed E-state index contributed by atoms with van der Waals surface area (Å²) in [5, 5.41) is 3.07. The van der Waals surface area contributed by atoms with Gasteiger partial charge in [-0.2, -0.15) is 0 Å². The first-order valence-electron chi connectivity index (χ1n) is 6.24. The van der Waals surface area contributed by atoms with Gasteiger partial charge in [0.2, 0.25) is 5.76 Å². The lowest BCUT2D eigenvalue weighted by Gasteiger charge is -2.11. The van der Waals surface area contributed by atoms with Gasteiger partial charge in [-0.3, -0.25) is 4.79 Å². The molecule has 0 saturated heterocycles. The van der Waals surface area contributed by atoms with Crippen LogP contribution in [0.2, 0.25) is 5.02 Å². The number of halogens is 1. The molecule has 0 bridgehead atoms. The second kappa shape index (κ2) is 6.45. The number of furan rings is 1. The minimum Gasteiger partial charge on any atom is -0.457 e. The standard InChI is InChI=1S/C15H14ClNO4/c1-9-6-10(2)14(11(16)7-9)17-13(18)8-21-15(19)12-4-3-5-20-12/h3-7H,8H2,1-2H3,(H,17,18). The lowest BCUT2D eigenvalue weighted by atomic mass is 10.1. The number of amides is 1. The zero-order chi connectivity index (χ0) is 15.4. The van der Waals surface area contributed by atoms with Crippen LogP contribution in [0.1, 0.15) is 21.7 Å². The predicted molar refractivity (Wildman–Crippen MR) is 78.5 cm³/mol. The molecule has 1 heterocycles. The Hall–Kier alpha value is -2.27. The fourth-order valence-corrected chi connectivity index (χ4v) is 2.21. The Kier molecular flexibility index (Phi) is 4.65. The van der Waals surface area contributed by atoms with E-state index in [2.05, 4.69) is 5.32 Å². The Balaban J connectivity index is 1.95. The molecule has 1 aromatic heterocycles. The van der Waals surface area contributed by atoms with E-state index in [9.17, 15) is 9.59 Å². The lowest BCUT2D eigenvalue weighted by Crippen LogP contribution is -2.21. The van der Waals surface area contributed by atoms with Crippen molar-refractivity contribution in [2.75, 3.05) is 11.9 Å². The zero-order valence-corrected chi connectivity index (χ0v) is 12.4. The number of carbonyl (C=O) groups is 2. The molecule has 0 spiro atoms. The third-order valence-corrected chi connectivity index (χ3v) is 3.05. The van der Waals surface area contributed by atoms with E-state index < -0.39 is 18.5 Å². The second-order valence-electron chi connectivity index (χ2n) is 4.54. The van der Waals surface area contributed by atoms with Gasteiger partial charge in [0, 0.05) is 0 Å². The molecule has 0 saturated carbocycles. The number of esters is 1. The first-order valence-corrected chi connectivity index (χ1v) is 6.62. The molecule has 1 aromatic carbocycles. The summed E-state index contributed by atoms with van der Waals surface area (Å²) in [6, 6.07) is 6.67. The third kappa shape index (κ3) is 3.86. The van der Waals surface area contributed by atoms with Crippen molar-refractivity contribution in [2.24, 2.45) is 0 Å². The minimum atomic E-state index is -0.693. The third-order valence-electron chi connectivity index (χ3n) is 2.75. The van der Waals surface area contributed by atoms with Crippen molar-refractivity contribution in [1.82, 2.24) is 0 Å². The molecular formula is C15H14ClNO4. The average molecular weight is 308 g/mol. The maximum absolute atomic E-state index is 11.8. The van der Waals surface area contributed by atoms with Crippen molar-refractivity contribution in [2.45, 2.75) is 13.8 Å². The smallest absolute Gasteiger partial charge is 0.374 e. The van der Waals surface area contributed by atoms with Crippen LogP contribution in [0.5, 0.6) is 0 Å². The van der Waals surface area contributed by atoms with E-state index in [1.807, 2.05) is 19.9 Å². The van der Waals surface area contributed by atoms with E-state index in [-0.39, 0.29) is 5.76 Å². The molecule has 0 aliphatic carbocycles. The normalized spacial score (nSPS) is 10.2. The monoisotopic (exact) mass is 307 g/mol. The van der Waals surface area contributed by atoms with Gasteiger partial charge in [0.15, 0.2) is 6.61 Å². The van der Waals surface area contributed by atoms with E-state index >= 15 is 0 Å². The average Bonchev–Trinajstić information content (AvgIpc) is 2.94. The number of anilines is 1. The maximum atomic E-state index is 11.8. The van der Waals surface area contributed by atoms with Crippen LogP contribution in [-0.4, -0.2) is 18.5 Å². The van der Waals surface area contributed by atoms with E-state index in [0.717, 1.165) is 11.1 Å². The Morgan fingerprint density at radius 2 is 2.10 bits per heavy atom. The molecule has 2 rings (SSSR count). The molecule has 5 nitrogen and oxygen atoms in total. The molecular weight excluding hydrogens is 294 g/mol. The van der Waals surface area contributed by atoms with Crippen LogP contribution in [0, 0.1) is 13.8 Å². The number of ether oxygens (including phenoxy) is 1. The van der Waals surface area contributed by atoms with E-state index in [1.165, 1.54) is 12.3 Å². The molecule has 1 amide bonds. The van der Waals surface area contributed by atoms with Crippen molar-refractivity contribution in [3.05, 3.63) is 52.4 Å². The summed E-state index contributed by atoms with van der Waals surface area (Å²) in [6.45, 7) is 3.34. The zero-order valence-electron chi connectivity index (χ0n) is 11.6. The molecule has 110 valence electrons. The Morgan fingerprint density at radius 1 is 1.33 bits per heavy atom. The maximum Gasteiger partial charge on any atom is 0.374 e. The van der Waals surface area contributed by atoms with Gasteiger partial charge in [0.25, 0.3) is 5.91 Å². The minimum absolute atomic E-state index is 0.0485. The van der Waals surface area contributed by atoms with Crippen LogP contribution >= 0.6 is 11.6 Å². The predicted octanol–water partition coefficient (Wildman–Crippen LogP) is 3.35. The highest BCUT2D eigenvalue weighted by atomic mass is 35.5. The molecule has 21 heavy (non-hydrogen) atoms. The molecule has 0 aliphatic heterocycles. The summed E-state index contributed by atoms with van der Waals surface area (Å²) in [6.07, 6.45) is 1.35. The summed E-state index contributed by atoms with van der Waals surface area (Å²) in [7, 11) is 0. The van der Waals surface area contributed by atoms with Crippen LogP contribution in [0.25, 0.3) is 0 Å². The molecule has 1 N–H and O–H groups in total. The van der Waals surface area contributed by atoms with Crippen molar-refractivity contribution < 1.29 is 18.7 Å². The molecule has 0 radical (unpaired) electrons. The summed E-state index contributed by atoms with van der Waals surface area (Å²) in [5.41, 5.74) is 2.35. The molecule has 0 atom stereocenters. The number of rotatable bonds is 4. The summed E-state index contributed by atoms with van der Waals surface area (Å²) in [5.74, 6) is -1.11. The highest BCUT2D eigenvalue weighted by Crippen LogP contribution is 2.27. The first kappa shape index (κ1) is 15.1. The largest absolute Gasteiger partial charge is 0.457 e. The van der Waals surface area contributed by atoms with Crippen molar-refractivity contribution in [3.63, 3.8) is 0 Å². The number of aryl methyl sites for hydroxylation is 2. The Labute approximate surface area is 126 Å². The van der Waals surface area contributed by atoms with Gasteiger partial charge in [-0.15, -0.1) is 0 Å². The number of hydrogen-bond acceptors (Lipinski definition) is 4. The Bertz CT molecular complexity index is 641. The van der Waals surface area contributed by atoms with Gasteiger partial charge in [0.05, 0.1) is 17.0 Å². The van der Waals surface area contributed by atoms with Gasteiger partial charge in [-0.05, 0) is 43.2 Å². The van der Waals surface area contributed by atoms with Crippen LogP contribution < -0.4 is 5.32 Å². The fraction of sp³-hybridized carbons (Fsp3) is 0.200. The number of benzene rings is 1. The number of nitrogens with one attached hydrogen (secondary N) is 1. The highest BCUT2D eigenvalue weighted by molar-refractivity contribution is 6.34. The van der Waals surface area contributed by atoms with Crippen LogP contribution in [0.15, 0.2) is 34.9 Å². The molecule has 0 unspecified atom stereocenters. The number of carbonyl (C=O) groups excluding carboxylic acids is 2. The van der Waals surface area contributed by atoms with Crippen molar-refractivity contribution in [3.8, 4) is 0 Å². The highest BCUT2D eigenvalue weighted by Gasteiger charge is 2.14. The van der Waals surface area contributed by atoms with Crippen LogP contribution in [0.3, 0.4) is 0 Å². The molecule has 2 aromatic rings. The first-order chi connectivity index (χ1) is 9.97. The van der Waals surface area contributed by atoms with E-state index in [1.54, 1.807) is 12.1 Å². The number of hydrogen-bond donors (Lipinski definition) is 1. The SMILES string of the molecule is Cc1cc(C)c(NC(=O)COC(=O)c2ccco2)c(Cl)c1. The quantitative estimate of drug-likeness (QED) is 0.880. The van der Waals surface area contributed by atoms with Crippen molar-refractivity contribution >= 4 is 29.2 Å². The molecule has 0 aliphatic rings. The molecule has 0 fully saturated rings. The fourth-order valence-electron chi connectivity index (χ4n) is 1.85. The van der Waals surface area contributed by atoms with Crippen molar-refractivity contribution in [1.29, 1.82) is 0 Å². The van der Waals surface area contributed by atoms with Crippen LogP contribution in [-0.2, 0) is 9.53 Å². The second-order valence-corrected chi connectivity index (χ2v) is 4.95. The Morgan fingerprint density at radius 3 is 2.71 bits per heavy atom. The van der Waals surface area contributed by atoms with Gasteiger partial charge in [-0.1, -0.05) is 17.7 Å². The van der Waals surface area contributed by atoms with Gasteiger partial charge in [-0.25, -0.2) is 4.79 Å². The molecule has 6 heteroatoms. The van der Waals surface area contributed by atoms with Gasteiger partial charge in [0.1, 0.15) is 0 Å². The van der Waals surface area contributed by atoms with Crippen LogP contribution in [0.4, 0.5) is 5.69 Å². The van der Waals surface area contributed by atoms with Gasteiger partial charge >= 0.3 is 5.97 Å². The topological polar surface area (TPSA) is 68.5 Å². The van der Waals surface area contributed by atoms with Gasteiger partial charge < -0.3 is 14.5 Å². The summed E-state index contributed by atoms with van der Waals surface area (Å²) in [4.78, 5) is 23.3.